The number of nitrogens with zero attached hydrogens (tertiary/aromatic N) is 3. The monoisotopic (exact) mass is 406 g/mol. The van der Waals surface area contributed by atoms with Gasteiger partial charge in [0.2, 0.25) is 5.95 Å². The Morgan fingerprint density at radius 2 is 1.77 bits per heavy atom. The summed E-state index contributed by atoms with van der Waals surface area (Å²) in [6.45, 7) is 0.911. The lowest BCUT2D eigenvalue weighted by Gasteiger charge is -2.10. The van der Waals surface area contributed by atoms with Gasteiger partial charge in [-0.15, -0.1) is 0 Å². The summed E-state index contributed by atoms with van der Waals surface area (Å²) in [7, 11) is 3.24. The summed E-state index contributed by atoms with van der Waals surface area (Å²) in [5.74, 6) is 2.29. The Morgan fingerprint density at radius 3 is 2.53 bits per heavy atom. The fourth-order valence-corrected chi connectivity index (χ4v) is 3.00. The van der Waals surface area contributed by atoms with Crippen molar-refractivity contribution in [2.45, 2.75) is 13.1 Å². The molecule has 0 aliphatic rings. The van der Waals surface area contributed by atoms with Crippen LogP contribution in [0.15, 0.2) is 59.4 Å². The van der Waals surface area contributed by atoms with Crippen molar-refractivity contribution in [3.63, 3.8) is 0 Å². The molecule has 9 nitrogen and oxygen atoms in total. The first-order valence-electron chi connectivity index (χ1n) is 9.38. The summed E-state index contributed by atoms with van der Waals surface area (Å²) in [4.78, 5) is 21.3. The zero-order valence-corrected chi connectivity index (χ0v) is 16.7. The third-order valence-electron chi connectivity index (χ3n) is 4.57. The van der Waals surface area contributed by atoms with Gasteiger partial charge in [0.25, 0.3) is 11.3 Å². The van der Waals surface area contributed by atoms with E-state index in [-0.39, 0.29) is 5.56 Å². The summed E-state index contributed by atoms with van der Waals surface area (Å²) >= 11 is 0. The molecule has 2 heterocycles. The molecular formula is C21H22N6O3. The van der Waals surface area contributed by atoms with Crippen molar-refractivity contribution in [3.05, 3.63) is 76.2 Å². The molecule has 4 rings (SSSR count). The van der Waals surface area contributed by atoms with Crippen molar-refractivity contribution in [2.75, 3.05) is 24.9 Å². The molecule has 0 radical (unpaired) electrons. The molecule has 3 N–H and O–H groups in total. The van der Waals surface area contributed by atoms with Gasteiger partial charge < -0.3 is 20.1 Å². The standard InChI is InChI=1S/C21H22N6O3/c1-29-16-9-7-14(8-10-16)12-23-20-25-21-24-15(11-19(28)27(21)26-20)13-22-17-5-3-4-6-18(17)30-2/h3-11,22H,12-13H2,1-2H3,(H2,23,24,25,26). The van der Waals surface area contributed by atoms with Crippen LogP contribution in [0.5, 0.6) is 11.5 Å². The van der Waals surface area contributed by atoms with Gasteiger partial charge in [-0.25, -0.2) is 4.98 Å². The molecule has 30 heavy (non-hydrogen) atoms. The lowest BCUT2D eigenvalue weighted by Crippen LogP contribution is -2.17. The lowest BCUT2D eigenvalue weighted by molar-refractivity contribution is 0.414. The smallest absolute Gasteiger partial charge is 0.274 e. The van der Waals surface area contributed by atoms with E-state index in [2.05, 4.69) is 25.7 Å². The number of rotatable bonds is 8. The number of ether oxygens (including phenoxy) is 2. The highest BCUT2D eigenvalue weighted by Crippen LogP contribution is 2.23. The minimum atomic E-state index is -0.234. The van der Waals surface area contributed by atoms with E-state index in [1.54, 1.807) is 14.2 Å². The second-order valence-electron chi connectivity index (χ2n) is 6.55. The van der Waals surface area contributed by atoms with Gasteiger partial charge in [-0.1, -0.05) is 24.3 Å². The highest BCUT2D eigenvalue weighted by Gasteiger charge is 2.09. The Morgan fingerprint density at radius 1 is 0.967 bits per heavy atom. The van der Waals surface area contributed by atoms with Crippen molar-refractivity contribution in [1.82, 2.24) is 19.6 Å². The van der Waals surface area contributed by atoms with E-state index in [0.29, 0.717) is 30.5 Å². The summed E-state index contributed by atoms with van der Waals surface area (Å²) in [6, 6.07) is 16.7. The zero-order valence-electron chi connectivity index (χ0n) is 16.7. The number of nitrogens with one attached hydrogen (secondary N) is 3. The molecule has 0 aliphatic heterocycles. The van der Waals surface area contributed by atoms with Crippen LogP contribution in [0.3, 0.4) is 0 Å². The van der Waals surface area contributed by atoms with Crippen molar-refractivity contribution in [1.29, 1.82) is 0 Å². The normalized spacial score (nSPS) is 10.7. The number of H-pyrrole nitrogens is 1. The molecule has 2 aromatic heterocycles. The number of para-hydroxylation sites is 2. The third-order valence-corrected chi connectivity index (χ3v) is 4.57. The van der Waals surface area contributed by atoms with Crippen LogP contribution in [-0.4, -0.2) is 33.8 Å². The van der Waals surface area contributed by atoms with E-state index >= 15 is 0 Å². The van der Waals surface area contributed by atoms with Crippen molar-refractivity contribution >= 4 is 17.4 Å². The van der Waals surface area contributed by atoms with Crippen LogP contribution in [0.25, 0.3) is 5.78 Å². The maximum atomic E-state index is 12.4. The molecule has 0 spiro atoms. The Kier molecular flexibility index (Phi) is 5.51. The topological polar surface area (TPSA) is 106 Å². The number of aromatic nitrogens is 4. The van der Waals surface area contributed by atoms with Crippen molar-refractivity contribution in [3.8, 4) is 11.5 Å². The first-order chi connectivity index (χ1) is 14.7. The Labute approximate surface area is 172 Å². The maximum Gasteiger partial charge on any atom is 0.274 e. The second-order valence-corrected chi connectivity index (χ2v) is 6.55. The maximum absolute atomic E-state index is 12.4. The molecule has 0 saturated heterocycles. The molecular weight excluding hydrogens is 384 g/mol. The predicted octanol–water partition coefficient (Wildman–Crippen LogP) is 2.66. The molecule has 0 amide bonds. The number of methoxy groups -OCH3 is 2. The molecule has 154 valence electrons. The van der Waals surface area contributed by atoms with Gasteiger partial charge in [-0.2, -0.15) is 9.50 Å². The van der Waals surface area contributed by atoms with Gasteiger partial charge in [0.1, 0.15) is 11.5 Å². The number of benzene rings is 2. The summed E-state index contributed by atoms with van der Waals surface area (Å²) in [5, 5.41) is 9.33. The average molecular weight is 406 g/mol. The minimum Gasteiger partial charge on any atom is -0.497 e. The first-order valence-corrected chi connectivity index (χ1v) is 9.38. The second kappa shape index (κ2) is 8.56. The van der Waals surface area contributed by atoms with Gasteiger partial charge in [0.15, 0.2) is 0 Å². The van der Waals surface area contributed by atoms with Gasteiger partial charge in [0, 0.05) is 12.6 Å². The summed E-state index contributed by atoms with van der Waals surface area (Å²) in [5.41, 5.74) is 2.23. The van der Waals surface area contributed by atoms with E-state index in [4.69, 9.17) is 9.47 Å². The van der Waals surface area contributed by atoms with Crippen molar-refractivity contribution < 1.29 is 9.47 Å². The molecule has 0 fully saturated rings. The molecule has 0 atom stereocenters. The van der Waals surface area contributed by atoms with Gasteiger partial charge >= 0.3 is 0 Å². The zero-order chi connectivity index (χ0) is 20.9. The van der Waals surface area contributed by atoms with E-state index in [1.165, 1.54) is 10.6 Å². The molecule has 2 aromatic carbocycles. The van der Waals surface area contributed by atoms with Crippen LogP contribution in [0.2, 0.25) is 0 Å². The van der Waals surface area contributed by atoms with Crippen LogP contribution in [-0.2, 0) is 13.1 Å². The quantitative estimate of drug-likeness (QED) is 0.413. The SMILES string of the molecule is COc1ccc(CNc2nc3nc(CNc4ccccc4OC)cc(=O)n3[nH]2)cc1. The molecule has 0 unspecified atom stereocenters. The van der Waals surface area contributed by atoms with E-state index in [0.717, 1.165) is 22.7 Å². The molecule has 0 saturated carbocycles. The van der Waals surface area contributed by atoms with Crippen molar-refractivity contribution in [2.24, 2.45) is 0 Å². The van der Waals surface area contributed by atoms with Crippen LogP contribution in [0.4, 0.5) is 11.6 Å². The Bertz CT molecular complexity index is 1200. The molecule has 4 aromatic rings. The largest absolute Gasteiger partial charge is 0.497 e. The molecule has 9 heteroatoms. The van der Waals surface area contributed by atoms with Crippen LogP contribution < -0.4 is 25.7 Å². The fraction of sp³-hybridized carbons (Fsp3) is 0.190. The average Bonchev–Trinajstić information content (AvgIpc) is 3.20. The molecule has 0 aliphatic carbocycles. The lowest BCUT2D eigenvalue weighted by atomic mass is 10.2. The highest BCUT2D eigenvalue weighted by molar-refractivity contribution is 5.56. The highest BCUT2D eigenvalue weighted by atomic mass is 16.5. The van der Waals surface area contributed by atoms with Crippen LogP contribution >= 0.6 is 0 Å². The number of aromatic amines is 1. The Hall–Kier alpha value is -4.01. The van der Waals surface area contributed by atoms with Gasteiger partial charge in [0.05, 0.1) is 32.1 Å². The number of anilines is 2. The number of hydrogen-bond acceptors (Lipinski definition) is 7. The predicted molar refractivity (Wildman–Crippen MR) is 114 cm³/mol. The number of fused-ring (bicyclic) bond motifs is 1. The van der Waals surface area contributed by atoms with Gasteiger partial charge in [-0.05, 0) is 29.8 Å². The summed E-state index contributed by atoms with van der Waals surface area (Å²) < 4.78 is 11.8. The van der Waals surface area contributed by atoms with Gasteiger partial charge in [-0.3, -0.25) is 9.89 Å². The van der Waals surface area contributed by atoms with Crippen LogP contribution in [0.1, 0.15) is 11.3 Å². The van der Waals surface area contributed by atoms with Crippen LogP contribution in [0, 0.1) is 0 Å². The van der Waals surface area contributed by atoms with E-state index in [1.807, 2.05) is 48.5 Å². The number of hydrogen-bond donors (Lipinski definition) is 3. The fourth-order valence-electron chi connectivity index (χ4n) is 3.00. The Balaban J connectivity index is 1.47. The first kappa shape index (κ1) is 19.3. The van der Waals surface area contributed by atoms with E-state index in [9.17, 15) is 4.79 Å². The molecule has 0 bridgehead atoms. The minimum absolute atomic E-state index is 0.234. The third kappa shape index (κ3) is 4.19. The summed E-state index contributed by atoms with van der Waals surface area (Å²) in [6.07, 6.45) is 0. The van der Waals surface area contributed by atoms with E-state index < -0.39 is 0 Å².